The molecule has 0 saturated heterocycles. The molecule has 0 radical (unpaired) electrons. The van der Waals surface area contributed by atoms with Gasteiger partial charge in [0.2, 0.25) is 0 Å². The van der Waals surface area contributed by atoms with Gasteiger partial charge in [0, 0.05) is 18.2 Å². The molecule has 1 fully saturated rings. The summed E-state index contributed by atoms with van der Waals surface area (Å²) in [6, 6.07) is 10.3. The van der Waals surface area contributed by atoms with Crippen molar-refractivity contribution >= 4 is 0 Å². The summed E-state index contributed by atoms with van der Waals surface area (Å²) in [7, 11) is 0. The molecular formula is C17H17F2N. The van der Waals surface area contributed by atoms with Gasteiger partial charge in [-0.3, -0.25) is 0 Å². The first kappa shape index (κ1) is 13.3. The fourth-order valence-electron chi connectivity index (χ4n) is 2.35. The Morgan fingerprint density at radius 3 is 2.60 bits per heavy atom. The molecule has 0 bridgehead atoms. The average molecular weight is 273 g/mol. The van der Waals surface area contributed by atoms with Crippen LogP contribution in [0.4, 0.5) is 8.78 Å². The molecular weight excluding hydrogens is 256 g/mol. The molecule has 0 aromatic heterocycles. The Labute approximate surface area is 117 Å². The van der Waals surface area contributed by atoms with Crippen molar-refractivity contribution in [2.24, 2.45) is 0 Å². The Bertz CT molecular complexity index is 613. The van der Waals surface area contributed by atoms with E-state index in [0.717, 1.165) is 17.7 Å². The number of nitrogens with one attached hydrogen (secondary N) is 1. The molecule has 1 N–H and O–H groups in total. The zero-order chi connectivity index (χ0) is 14.1. The van der Waals surface area contributed by atoms with Crippen LogP contribution in [-0.2, 0) is 6.54 Å². The van der Waals surface area contributed by atoms with Crippen LogP contribution in [0.15, 0.2) is 36.4 Å². The van der Waals surface area contributed by atoms with E-state index in [1.54, 1.807) is 18.2 Å². The second-order valence-electron chi connectivity index (χ2n) is 5.49. The first-order chi connectivity index (χ1) is 9.61. The van der Waals surface area contributed by atoms with Crippen LogP contribution in [0, 0.1) is 18.6 Å². The van der Waals surface area contributed by atoms with Gasteiger partial charge in [0.15, 0.2) is 0 Å². The number of hydrogen-bond acceptors (Lipinski definition) is 1. The summed E-state index contributed by atoms with van der Waals surface area (Å²) in [5.41, 5.74) is 2.87. The van der Waals surface area contributed by atoms with Gasteiger partial charge in [-0.1, -0.05) is 12.1 Å². The van der Waals surface area contributed by atoms with Gasteiger partial charge in [0.05, 0.1) is 0 Å². The number of benzene rings is 2. The van der Waals surface area contributed by atoms with Crippen molar-refractivity contribution < 1.29 is 8.78 Å². The van der Waals surface area contributed by atoms with Crippen molar-refractivity contribution in [2.45, 2.75) is 32.4 Å². The lowest BCUT2D eigenvalue weighted by molar-refractivity contribution is 0.622. The lowest BCUT2D eigenvalue weighted by Gasteiger charge is -2.09. The Balaban J connectivity index is 1.91. The molecule has 1 aliphatic carbocycles. The Morgan fingerprint density at radius 1 is 1.10 bits per heavy atom. The largest absolute Gasteiger partial charge is 0.310 e. The summed E-state index contributed by atoms with van der Waals surface area (Å²) >= 11 is 0. The van der Waals surface area contributed by atoms with Crippen LogP contribution in [0.5, 0.6) is 0 Å². The molecule has 2 aromatic rings. The highest BCUT2D eigenvalue weighted by atomic mass is 19.1. The maximum absolute atomic E-state index is 14.0. The van der Waals surface area contributed by atoms with Crippen molar-refractivity contribution in [3.8, 4) is 11.1 Å². The molecule has 1 nitrogen and oxygen atoms in total. The lowest BCUT2D eigenvalue weighted by atomic mass is 10.0. The zero-order valence-corrected chi connectivity index (χ0v) is 11.4. The van der Waals surface area contributed by atoms with E-state index in [1.165, 1.54) is 31.0 Å². The summed E-state index contributed by atoms with van der Waals surface area (Å²) in [6.45, 7) is 2.54. The van der Waals surface area contributed by atoms with E-state index >= 15 is 0 Å². The molecule has 2 aromatic carbocycles. The molecule has 104 valence electrons. The fraction of sp³-hybridized carbons (Fsp3) is 0.294. The molecule has 0 heterocycles. The maximum atomic E-state index is 14.0. The second kappa shape index (κ2) is 5.33. The second-order valence-corrected chi connectivity index (χ2v) is 5.49. The predicted molar refractivity (Wildman–Crippen MR) is 76.4 cm³/mol. The average Bonchev–Trinajstić information content (AvgIpc) is 3.20. The first-order valence-corrected chi connectivity index (χ1v) is 6.91. The summed E-state index contributed by atoms with van der Waals surface area (Å²) in [6.07, 6.45) is 2.44. The number of aryl methyl sites for hydroxylation is 1. The molecule has 0 aliphatic heterocycles. The smallest absolute Gasteiger partial charge is 0.131 e. The Hall–Kier alpha value is -1.74. The zero-order valence-electron chi connectivity index (χ0n) is 11.4. The minimum Gasteiger partial charge on any atom is -0.310 e. The third-order valence-electron chi connectivity index (χ3n) is 3.56. The highest BCUT2D eigenvalue weighted by Crippen LogP contribution is 2.26. The van der Waals surface area contributed by atoms with Crippen LogP contribution in [0.3, 0.4) is 0 Å². The number of hydrogen-bond donors (Lipinski definition) is 1. The van der Waals surface area contributed by atoms with Crippen molar-refractivity contribution in [1.29, 1.82) is 0 Å². The van der Waals surface area contributed by atoms with E-state index in [2.05, 4.69) is 5.32 Å². The Kier molecular flexibility index (Phi) is 3.53. The standard InChI is InChI=1S/C17H17F2N/c1-11-6-13(9-14(18)7-11)16-8-12(2-5-17(16)19)10-20-15-3-4-15/h2,5-9,15,20H,3-4,10H2,1H3. The number of halogens is 2. The van der Waals surface area contributed by atoms with Gasteiger partial charge in [-0.2, -0.15) is 0 Å². The SMILES string of the molecule is Cc1cc(F)cc(-c2cc(CNC3CC3)ccc2F)c1. The first-order valence-electron chi connectivity index (χ1n) is 6.91. The molecule has 3 heteroatoms. The quantitative estimate of drug-likeness (QED) is 0.880. The highest BCUT2D eigenvalue weighted by molar-refractivity contribution is 5.65. The van der Waals surface area contributed by atoms with Gasteiger partial charge in [-0.15, -0.1) is 0 Å². The third-order valence-corrected chi connectivity index (χ3v) is 3.56. The van der Waals surface area contributed by atoms with Crippen LogP contribution in [0.2, 0.25) is 0 Å². The van der Waals surface area contributed by atoms with Gasteiger partial charge in [0.25, 0.3) is 0 Å². The van der Waals surface area contributed by atoms with Crippen LogP contribution < -0.4 is 5.32 Å². The molecule has 0 amide bonds. The topological polar surface area (TPSA) is 12.0 Å². The number of rotatable bonds is 4. The third kappa shape index (κ3) is 3.05. The molecule has 0 spiro atoms. The summed E-state index contributed by atoms with van der Waals surface area (Å²) in [5.74, 6) is -0.647. The minimum absolute atomic E-state index is 0.315. The summed E-state index contributed by atoms with van der Waals surface area (Å²) in [5, 5.41) is 3.40. The van der Waals surface area contributed by atoms with Gasteiger partial charge < -0.3 is 5.32 Å². The van der Waals surface area contributed by atoms with Crippen LogP contribution in [-0.4, -0.2) is 6.04 Å². The van der Waals surface area contributed by atoms with Crippen LogP contribution >= 0.6 is 0 Å². The van der Waals surface area contributed by atoms with Crippen molar-refractivity contribution in [2.75, 3.05) is 0 Å². The van der Waals surface area contributed by atoms with E-state index in [9.17, 15) is 8.78 Å². The van der Waals surface area contributed by atoms with E-state index < -0.39 is 0 Å². The van der Waals surface area contributed by atoms with Crippen LogP contribution in [0.25, 0.3) is 11.1 Å². The van der Waals surface area contributed by atoms with E-state index in [4.69, 9.17) is 0 Å². The summed E-state index contributed by atoms with van der Waals surface area (Å²) in [4.78, 5) is 0. The van der Waals surface area contributed by atoms with Crippen molar-refractivity contribution in [1.82, 2.24) is 5.32 Å². The van der Waals surface area contributed by atoms with Gasteiger partial charge in [0.1, 0.15) is 11.6 Å². The lowest BCUT2D eigenvalue weighted by Crippen LogP contribution is -2.15. The molecule has 20 heavy (non-hydrogen) atoms. The Morgan fingerprint density at radius 2 is 1.90 bits per heavy atom. The van der Waals surface area contributed by atoms with Gasteiger partial charge >= 0.3 is 0 Å². The van der Waals surface area contributed by atoms with Gasteiger partial charge in [-0.05, 0) is 60.7 Å². The van der Waals surface area contributed by atoms with Crippen molar-refractivity contribution in [3.63, 3.8) is 0 Å². The maximum Gasteiger partial charge on any atom is 0.131 e. The molecule has 1 aliphatic rings. The molecule has 0 unspecified atom stereocenters. The van der Waals surface area contributed by atoms with Gasteiger partial charge in [-0.25, -0.2) is 8.78 Å². The highest BCUT2D eigenvalue weighted by Gasteiger charge is 2.20. The monoisotopic (exact) mass is 273 g/mol. The predicted octanol–water partition coefficient (Wildman–Crippen LogP) is 4.19. The minimum atomic E-state index is -0.332. The van der Waals surface area contributed by atoms with E-state index in [-0.39, 0.29) is 11.6 Å². The normalized spacial score (nSPS) is 14.6. The van der Waals surface area contributed by atoms with E-state index in [1.807, 2.05) is 6.92 Å². The fourth-order valence-corrected chi connectivity index (χ4v) is 2.35. The van der Waals surface area contributed by atoms with Crippen molar-refractivity contribution in [3.05, 3.63) is 59.2 Å². The molecule has 0 atom stereocenters. The molecule has 3 rings (SSSR count). The van der Waals surface area contributed by atoms with E-state index in [0.29, 0.717) is 17.2 Å². The van der Waals surface area contributed by atoms with Crippen LogP contribution in [0.1, 0.15) is 24.0 Å². The summed E-state index contributed by atoms with van der Waals surface area (Å²) < 4.78 is 27.5. The molecule has 1 saturated carbocycles.